The topological polar surface area (TPSA) is 46.6 Å². The van der Waals surface area contributed by atoms with E-state index in [1.807, 2.05) is 0 Å². The van der Waals surface area contributed by atoms with Gasteiger partial charge in [0, 0.05) is 109 Å². The number of aromatic nitrogens is 3. The van der Waals surface area contributed by atoms with Crippen LogP contribution in [0.1, 0.15) is 6.92 Å². The molecule has 8 rings (SSSR count). The lowest BCUT2D eigenvalue weighted by Crippen LogP contribution is -2.44. The number of imidazole rings is 1. The van der Waals surface area contributed by atoms with Gasteiger partial charge in [-0.2, -0.15) is 0 Å². The number of fused-ring (bicyclic) bond motifs is 3. The number of aryl methyl sites for hydroxylation is 1. The molecular formula is C39H43N7. The molecule has 0 unspecified atom stereocenters. The minimum absolute atomic E-state index is 0.895. The molecule has 0 atom stereocenters. The molecular weight excluding hydrogens is 566 g/mol. The molecule has 0 saturated carbocycles. The third-order valence-corrected chi connectivity index (χ3v) is 10.1. The number of para-hydroxylation sites is 1. The average molecular weight is 610 g/mol. The van der Waals surface area contributed by atoms with Crippen LogP contribution in [0.15, 0.2) is 91.0 Å². The Labute approximate surface area is 271 Å². The van der Waals surface area contributed by atoms with Crippen LogP contribution >= 0.6 is 0 Å². The standard InChI is InChI=1S/C39H43N7/c1-4-46-35-8-6-5-7-33(35)34-27-30(13-18-36(34)46)39-40-37(28-9-14-31(15-10-28)44-23-19-42(2)20-24-44)38(41-39)29-11-16-32(17-12-29)45-25-21-43(3)22-26-45/h5-18,27H,4,19-26H2,1-3H3,(H,40,41). The summed E-state index contributed by atoms with van der Waals surface area (Å²) in [6.07, 6.45) is 0. The Morgan fingerprint density at radius 3 is 1.74 bits per heavy atom. The predicted molar refractivity (Wildman–Crippen MR) is 193 cm³/mol. The highest BCUT2D eigenvalue weighted by Gasteiger charge is 2.20. The molecule has 0 aliphatic carbocycles. The fraction of sp³-hybridized carbons (Fsp3) is 0.308. The van der Waals surface area contributed by atoms with Crippen molar-refractivity contribution in [2.45, 2.75) is 13.5 Å². The number of likely N-dealkylation sites (N-methyl/N-ethyl adjacent to an activating group) is 2. The third-order valence-electron chi connectivity index (χ3n) is 10.1. The lowest BCUT2D eigenvalue weighted by Gasteiger charge is -2.34. The lowest BCUT2D eigenvalue weighted by atomic mass is 10.0. The maximum Gasteiger partial charge on any atom is 0.138 e. The van der Waals surface area contributed by atoms with E-state index in [9.17, 15) is 0 Å². The van der Waals surface area contributed by atoms with Crippen LogP contribution in [-0.4, -0.2) is 90.8 Å². The molecule has 2 aliphatic rings. The Morgan fingerprint density at radius 1 is 0.587 bits per heavy atom. The highest BCUT2D eigenvalue weighted by atomic mass is 15.3. The summed E-state index contributed by atoms with van der Waals surface area (Å²) in [5, 5.41) is 2.55. The third kappa shape index (κ3) is 5.23. The fourth-order valence-corrected chi connectivity index (χ4v) is 7.27. The molecule has 2 saturated heterocycles. The number of nitrogens with zero attached hydrogens (tertiary/aromatic N) is 6. The van der Waals surface area contributed by atoms with E-state index >= 15 is 0 Å². The van der Waals surface area contributed by atoms with Crippen molar-refractivity contribution in [3.63, 3.8) is 0 Å². The number of H-pyrrole nitrogens is 1. The van der Waals surface area contributed by atoms with E-state index in [4.69, 9.17) is 4.98 Å². The van der Waals surface area contributed by atoms with E-state index in [1.54, 1.807) is 0 Å². The van der Waals surface area contributed by atoms with Crippen LogP contribution in [0.2, 0.25) is 0 Å². The van der Waals surface area contributed by atoms with Gasteiger partial charge in [-0.3, -0.25) is 0 Å². The summed E-state index contributed by atoms with van der Waals surface area (Å²) < 4.78 is 2.40. The number of aromatic amines is 1. The molecule has 4 heterocycles. The summed E-state index contributed by atoms with van der Waals surface area (Å²) in [6.45, 7) is 11.8. The summed E-state index contributed by atoms with van der Waals surface area (Å²) in [7, 11) is 4.41. The number of nitrogens with one attached hydrogen (secondary N) is 1. The first-order chi connectivity index (χ1) is 22.6. The second kappa shape index (κ2) is 12.0. The van der Waals surface area contributed by atoms with E-state index in [2.05, 4.69) is 141 Å². The van der Waals surface area contributed by atoms with Gasteiger partial charge in [0.1, 0.15) is 5.82 Å². The number of hydrogen-bond donors (Lipinski definition) is 1. The van der Waals surface area contributed by atoms with Gasteiger partial charge in [0.05, 0.1) is 11.4 Å². The molecule has 0 bridgehead atoms. The van der Waals surface area contributed by atoms with Crippen LogP contribution in [0.3, 0.4) is 0 Å². The Balaban J connectivity index is 1.19. The first-order valence-corrected chi connectivity index (χ1v) is 16.7. The smallest absolute Gasteiger partial charge is 0.138 e. The summed E-state index contributed by atoms with van der Waals surface area (Å²) in [6, 6.07) is 33.6. The molecule has 6 aromatic rings. The zero-order chi connectivity index (χ0) is 31.2. The number of piperazine rings is 2. The zero-order valence-electron chi connectivity index (χ0n) is 27.2. The largest absolute Gasteiger partial charge is 0.369 e. The van der Waals surface area contributed by atoms with E-state index in [0.29, 0.717) is 0 Å². The molecule has 0 spiro atoms. The van der Waals surface area contributed by atoms with Crippen molar-refractivity contribution in [2.75, 3.05) is 76.3 Å². The van der Waals surface area contributed by atoms with Crippen molar-refractivity contribution >= 4 is 33.2 Å². The number of hydrogen-bond acceptors (Lipinski definition) is 5. The van der Waals surface area contributed by atoms with Crippen molar-refractivity contribution in [2.24, 2.45) is 0 Å². The predicted octanol–water partition coefficient (Wildman–Crippen LogP) is 7.04. The number of anilines is 2. The van der Waals surface area contributed by atoms with Gasteiger partial charge in [0.15, 0.2) is 0 Å². The normalized spacial score (nSPS) is 16.6. The maximum atomic E-state index is 5.32. The van der Waals surface area contributed by atoms with Crippen LogP contribution in [-0.2, 0) is 6.54 Å². The molecule has 2 aromatic heterocycles. The van der Waals surface area contributed by atoms with Crippen molar-refractivity contribution in [3.05, 3.63) is 91.0 Å². The van der Waals surface area contributed by atoms with E-state index in [1.165, 1.54) is 33.2 Å². The van der Waals surface area contributed by atoms with Gasteiger partial charge in [-0.05, 0) is 69.6 Å². The Kier molecular flexibility index (Phi) is 7.51. The lowest BCUT2D eigenvalue weighted by molar-refractivity contribution is 0.313. The minimum Gasteiger partial charge on any atom is -0.369 e. The highest BCUT2D eigenvalue weighted by Crippen LogP contribution is 2.37. The highest BCUT2D eigenvalue weighted by molar-refractivity contribution is 6.09. The van der Waals surface area contributed by atoms with E-state index in [0.717, 1.165) is 92.8 Å². The van der Waals surface area contributed by atoms with Crippen molar-refractivity contribution < 1.29 is 0 Å². The van der Waals surface area contributed by atoms with E-state index in [-0.39, 0.29) is 0 Å². The van der Waals surface area contributed by atoms with Gasteiger partial charge in [0.25, 0.3) is 0 Å². The van der Waals surface area contributed by atoms with Crippen molar-refractivity contribution in [1.29, 1.82) is 0 Å². The number of benzene rings is 4. The van der Waals surface area contributed by atoms with Crippen LogP contribution in [0.25, 0.3) is 55.7 Å². The van der Waals surface area contributed by atoms with Crippen molar-refractivity contribution in [3.8, 4) is 33.9 Å². The van der Waals surface area contributed by atoms with Crippen LogP contribution in [0.4, 0.5) is 11.4 Å². The van der Waals surface area contributed by atoms with Crippen molar-refractivity contribution in [1.82, 2.24) is 24.3 Å². The molecule has 1 N–H and O–H groups in total. The quantitative estimate of drug-likeness (QED) is 0.220. The Hall–Kier alpha value is -4.59. The molecule has 0 amide bonds. The first-order valence-electron chi connectivity index (χ1n) is 16.7. The fourth-order valence-electron chi connectivity index (χ4n) is 7.27. The summed E-state index contributed by atoms with van der Waals surface area (Å²) in [5.41, 5.74) is 10.5. The molecule has 7 heteroatoms. The number of rotatable bonds is 6. The van der Waals surface area contributed by atoms with E-state index < -0.39 is 0 Å². The van der Waals surface area contributed by atoms with Gasteiger partial charge in [-0.1, -0.05) is 42.5 Å². The second-order valence-corrected chi connectivity index (χ2v) is 13.0. The minimum atomic E-state index is 0.895. The summed E-state index contributed by atoms with van der Waals surface area (Å²) >= 11 is 0. The summed E-state index contributed by atoms with van der Waals surface area (Å²) in [5.74, 6) is 0.895. The van der Waals surface area contributed by atoms with Crippen LogP contribution in [0, 0.1) is 0 Å². The van der Waals surface area contributed by atoms with Gasteiger partial charge in [0.2, 0.25) is 0 Å². The SMILES string of the molecule is CCn1c2ccccc2c2cc(-c3nc(-c4ccc(N5CCN(C)CC5)cc4)c(-c4ccc(N5CCN(C)CC5)cc4)[nH]3)ccc21. The molecule has 0 radical (unpaired) electrons. The zero-order valence-corrected chi connectivity index (χ0v) is 27.2. The van der Waals surface area contributed by atoms with Gasteiger partial charge < -0.3 is 29.2 Å². The molecule has 7 nitrogen and oxygen atoms in total. The summed E-state index contributed by atoms with van der Waals surface area (Å²) in [4.78, 5) is 18.9. The monoisotopic (exact) mass is 609 g/mol. The second-order valence-electron chi connectivity index (χ2n) is 13.0. The Morgan fingerprint density at radius 2 is 1.13 bits per heavy atom. The molecule has 2 aliphatic heterocycles. The van der Waals surface area contributed by atoms with Crippen LogP contribution < -0.4 is 9.80 Å². The van der Waals surface area contributed by atoms with Gasteiger partial charge >= 0.3 is 0 Å². The van der Waals surface area contributed by atoms with Crippen LogP contribution in [0.5, 0.6) is 0 Å². The molecule has 46 heavy (non-hydrogen) atoms. The first kappa shape index (κ1) is 28.9. The Bertz CT molecular complexity index is 1890. The average Bonchev–Trinajstić information content (AvgIpc) is 3.69. The molecule has 234 valence electrons. The van der Waals surface area contributed by atoms with Gasteiger partial charge in [-0.25, -0.2) is 4.98 Å². The van der Waals surface area contributed by atoms with Gasteiger partial charge in [-0.15, -0.1) is 0 Å². The molecule has 2 fully saturated rings. The maximum absolute atomic E-state index is 5.32. The molecule has 4 aromatic carbocycles.